The summed E-state index contributed by atoms with van der Waals surface area (Å²) >= 11 is 0. The van der Waals surface area contributed by atoms with Crippen LogP contribution >= 0.6 is 0 Å². The molecule has 4 aliphatic rings. The third-order valence-corrected chi connectivity index (χ3v) is 6.68. The molecule has 8 N–H and O–H groups in total. The molecule has 0 bridgehead atoms. The van der Waals surface area contributed by atoms with Crippen LogP contribution in [0.3, 0.4) is 0 Å². The first-order valence-corrected chi connectivity index (χ1v) is 10.7. The lowest BCUT2D eigenvalue weighted by Crippen LogP contribution is -2.68. The fraction of sp³-hybridized carbons (Fsp3) is 1.00. The lowest BCUT2D eigenvalue weighted by atomic mass is 10.1. The van der Waals surface area contributed by atoms with Crippen molar-refractivity contribution in [1.82, 2.24) is 31.1 Å². The van der Waals surface area contributed by atoms with Crippen LogP contribution in [0.1, 0.15) is 25.7 Å². The molecule has 0 aromatic rings. The van der Waals surface area contributed by atoms with Crippen molar-refractivity contribution >= 4 is 0 Å². The van der Waals surface area contributed by atoms with Gasteiger partial charge in [-0.25, -0.2) is 4.90 Å². The van der Waals surface area contributed by atoms with Crippen molar-refractivity contribution in [3.63, 3.8) is 0 Å². The molecule has 3 saturated heterocycles. The molecule has 1 saturated carbocycles. The molecule has 4 rings (SSSR count). The zero-order chi connectivity index (χ0) is 19.7. The van der Waals surface area contributed by atoms with Crippen LogP contribution in [0, 0.1) is 0 Å². The van der Waals surface area contributed by atoms with Crippen LogP contribution in [-0.4, -0.2) is 109 Å². The van der Waals surface area contributed by atoms with Crippen LogP contribution in [0.15, 0.2) is 0 Å². The number of likely N-dealkylation sites (N-methyl/N-ethyl adjacent to an activating group) is 1. The molecule has 3 aliphatic heterocycles. The first kappa shape index (κ1) is 20.9. The lowest BCUT2D eigenvalue weighted by molar-refractivity contribution is -0.106. The van der Waals surface area contributed by atoms with E-state index in [1.54, 1.807) is 0 Å². The van der Waals surface area contributed by atoms with Gasteiger partial charge in [0.2, 0.25) is 0 Å². The molecule has 10 nitrogen and oxygen atoms in total. The second-order valence-electron chi connectivity index (χ2n) is 8.70. The number of ether oxygens (including phenoxy) is 1. The molecule has 0 amide bonds. The molecule has 0 aromatic carbocycles. The third-order valence-electron chi connectivity index (χ3n) is 6.68. The average Bonchev–Trinajstić information content (AvgIpc) is 3.39. The summed E-state index contributed by atoms with van der Waals surface area (Å²) in [5, 5.41) is 34.7. The molecule has 3 heterocycles. The van der Waals surface area contributed by atoms with Gasteiger partial charge in [-0.15, -0.1) is 0 Å². The number of hydrogen-bond acceptors (Lipinski definition) is 10. The average molecular weight is 400 g/mol. The molecular weight excluding hydrogens is 362 g/mol. The Kier molecular flexibility index (Phi) is 6.83. The van der Waals surface area contributed by atoms with E-state index in [9.17, 15) is 10.2 Å². The quantitative estimate of drug-likeness (QED) is 0.236. The van der Waals surface area contributed by atoms with Gasteiger partial charge in [0.1, 0.15) is 24.5 Å². The van der Waals surface area contributed by atoms with Gasteiger partial charge < -0.3 is 30.9 Å². The van der Waals surface area contributed by atoms with Crippen LogP contribution in [-0.2, 0) is 4.74 Å². The molecule has 28 heavy (non-hydrogen) atoms. The molecule has 0 spiro atoms. The van der Waals surface area contributed by atoms with Crippen molar-refractivity contribution in [1.29, 1.82) is 0 Å². The fourth-order valence-corrected chi connectivity index (χ4v) is 4.99. The second-order valence-corrected chi connectivity index (χ2v) is 8.70. The lowest BCUT2D eigenvalue weighted by Gasteiger charge is -2.38. The van der Waals surface area contributed by atoms with Crippen LogP contribution in [0.2, 0.25) is 0 Å². The Morgan fingerprint density at radius 2 is 1.96 bits per heavy atom. The molecule has 3 unspecified atom stereocenters. The number of rotatable bonds is 7. The van der Waals surface area contributed by atoms with Crippen molar-refractivity contribution in [2.24, 2.45) is 5.73 Å². The molecule has 0 aromatic heterocycles. The number of nitrogens with one attached hydrogen (secondary N) is 4. The topological polar surface area (TPSA) is 130 Å². The second kappa shape index (κ2) is 9.17. The Labute approximate surface area is 167 Å². The highest BCUT2D eigenvalue weighted by atomic mass is 16.6. The summed E-state index contributed by atoms with van der Waals surface area (Å²) in [5.74, 6) is 0. The summed E-state index contributed by atoms with van der Waals surface area (Å²) in [7, 11) is 2.03. The minimum Gasteiger partial charge on any atom is -0.387 e. The van der Waals surface area contributed by atoms with Gasteiger partial charge in [-0.05, 0) is 19.9 Å². The first-order chi connectivity index (χ1) is 13.5. The van der Waals surface area contributed by atoms with Gasteiger partial charge >= 0.3 is 0 Å². The highest BCUT2D eigenvalue weighted by Crippen LogP contribution is 2.28. The number of nitrogens with two attached hydrogens (primary N) is 1. The van der Waals surface area contributed by atoms with E-state index in [0.29, 0.717) is 25.9 Å². The summed E-state index contributed by atoms with van der Waals surface area (Å²) < 4.78 is 6.13. The van der Waals surface area contributed by atoms with Crippen molar-refractivity contribution in [3.05, 3.63) is 0 Å². The van der Waals surface area contributed by atoms with E-state index in [0.717, 1.165) is 13.1 Å². The summed E-state index contributed by atoms with van der Waals surface area (Å²) in [6.45, 7) is 3.57. The Bertz CT molecular complexity index is 510. The molecule has 10 heteroatoms. The van der Waals surface area contributed by atoms with Gasteiger partial charge in [-0.1, -0.05) is 12.8 Å². The number of aliphatic hydroxyl groups excluding tert-OH is 2. The van der Waals surface area contributed by atoms with E-state index in [2.05, 4.69) is 26.2 Å². The van der Waals surface area contributed by atoms with E-state index in [-0.39, 0.29) is 18.4 Å². The van der Waals surface area contributed by atoms with Crippen molar-refractivity contribution in [2.45, 2.75) is 74.6 Å². The van der Waals surface area contributed by atoms with E-state index in [4.69, 9.17) is 10.5 Å². The van der Waals surface area contributed by atoms with Gasteiger partial charge in [0.15, 0.2) is 0 Å². The third kappa shape index (κ3) is 4.36. The van der Waals surface area contributed by atoms with Crippen molar-refractivity contribution in [2.75, 3.05) is 40.0 Å². The van der Waals surface area contributed by atoms with Crippen molar-refractivity contribution < 1.29 is 14.9 Å². The molecule has 162 valence electrons. The number of nitrogens with zero attached hydrogens (tertiary/aromatic N) is 2. The predicted molar refractivity (Wildman–Crippen MR) is 105 cm³/mol. The first-order valence-electron chi connectivity index (χ1n) is 10.7. The molecule has 7 atom stereocenters. The monoisotopic (exact) mass is 399 g/mol. The summed E-state index contributed by atoms with van der Waals surface area (Å²) in [4.78, 5) is 4.19. The van der Waals surface area contributed by atoms with Gasteiger partial charge in [0.25, 0.3) is 0 Å². The molecule has 4 fully saturated rings. The standard InChI is InChI=1S/C18H37N7O3/c1-24(7-6-20-11-4-2-3-5-11)8-12-14(26)15(27)18(28-12)25-10-23-13-16(19)21-9-22-17(13)25/h11-18,20-23,26-27H,2-10,19H2,1H3/t12-,13?,14-,15-,16?,17?,18-/m1/s1. The zero-order valence-electron chi connectivity index (χ0n) is 16.8. The molecule has 1 aliphatic carbocycles. The maximum absolute atomic E-state index is 10.6. The number of hydrogen-bond donors (Lipinski definition) is 7. The summed E-state index contributed by atoms with van der Waals surface area (Å²) in [6, 6.07) is 0.692. The van der Waals surface area contributed by atoms with Gasteiger partial charge in [-0.2, -0.15) is 0 Å². The summed E-state index contributed by atoms with van der Waals surface area (Å²) in [5.41, 5.74) is 6.12. The minimum absolute atomic E-state index is 0.0322. The smallest absolute Gasteiger partial charge is 0.142 e. The SMILES string of the molecule is CN(CCNC1CCCC1)C[C@H]1O[C@@H](N2CNC3C(N)NCNC32)[C@H](O)[C@@H]1O. The van der Waals surface area contributed by atoms with Gasteiger partial charge in [0, 0.05) is 32.3 Å². The maximum atomic E-state index is 10.6. The Balaban J connectivity index is 1.27. The van der Waals surface area contributed by atoms with Crippen LogP contribution in [0.25, 0.3) is 0 Å². The van der Waals surface area contributed by atoms with E-state index in [1.807, 2.05) is 11.9 Å². The van der Waals surface area contributed by atoms with E-state index >= 15 is 0 Å². The predicted octanol–water partition coefficient (Wildman–Crippen LogP) is -3.11. The van der Waals surface area contributed by atoms with Crippen LogP contribution in [0.5, 0.6) is 0 Å². The number of aliphatic hydroxyl groups is 2. The van der Waals surface area contributed by atoms with E-state index in [1.165, 1.54) is 25.7 Å². The minimum atomic E-state index is -0.941. The summed E-state index contributed by atoms with van der Waals surface area (Å²) in [6.07, 6.45) is 2.23. The zero-order valence-corrected chi connectivity index (χ0v) is 16.8. The fourth-order valence-electron chi connectivity index (χ4n) is 4.99. The maximum Gasteiger partial charge on any atom is 0.142 e. The number of fused-ring (bicyclic) bond motifs is 1. The van der Waals surface area contributed by atoms with E-state index < -0.39 is 24.5 Å². The van der Waals surface area contributed by atoms with Gasteiger partial charge in [0.05, 0.1) is 25.0 Å². The highest BCUT2D eigenvalue weighted by molar-refractivity contribution is 5.01. The highest BCUT2D eigenvalue weighted by Gasteiger charge is 2.51. The Morgan fingerprint density at radius 3 is 2.75 bits per heavy atom. The van der Waals surface area contributed by atoms with Crippen molar-refractivity contribution in [3.8, 4) is 0 Å². The molecule has 0 radical (unpaired) electrons. The normalized spacial score (nSPS) is 42.5. The largest absolute Gasteiger partial charge is 0.387 e. The Morgan fingerprint density at radius 1 is 1.18 bits per heavy atom. The van der Waals surface area contributed by atoms with Crippen LogP contribution in [0.4, 0.5) is 0 Å². The molecular formula is C18H37N7O3. The Hall–Kier alpha value is -0.400. The van der Waals surface area contributed by atoms with Crippen LogP contribution < -0.4 is 27.0 Å². The van der Waals surface area contributed by atoms with Gasteiger partial charge in [-0.3, -0.25) is 16.0 Å².